The number of rotatable bonds is 3. The molecule has 0 aliphatic rings. The first-order chi connectivity index (χ1) is 9.49. The summed E-state index contributed by atoms with van der Waals surface area (Å²) in [6.45, 7) is -0.167. The number of nitrogens with two attached hydrogens (primary N) is 1. The molecule has 0 aromatic heterocycles. The van der Waals surface area contributed by atoms with Crippen LogP contribution in [0, 0.1) is 5.82 Å². The maximum absolute atomic E-state index is 13.1. The highest BCUT2D eigenvalue weighted by molar-refractivity contribution is 6.34. The number of anilines is 1. The summed E-state index contributed by atoms with van der Waals surface area (Å²) < 4.78 is 18.1. The highest BCUT2D eigenvalue weighted by Gasteiger charge is 2.16. The lowest BCUT2D eigenvalue weighted by Crippen LogP contribution is -2.09. The van der Waals surface area contributed by atoms with E-state index < -0.39 is 11.8 Å². The minimum Gasteiger partial charge on any atom is -0.457 e. The van der Waals surface area contributed by atoms with Gasteiger partial charge in [0.15, 0.2) is 0 Å². The predicted molar refractivity (Wildman–Crippen MR) is 76.4 cm³/mol. The molecular weight excluding hydrogens is 304 g/mol. The number of nitrogen functional groups attached to an aromatic ring is 1. The lowest BCUT2D eigenvalue weighted by atomic mass is 10.2. The topological polar surface area (TPSA) is 52.3 Å². The number of carbonyl (C=O) groups is 1. The zero-order chi connectivity index (χ0) is 14.7. The van der Waals surface area contributed by atoms with Crippen LogP contribution in [0.4, 0.5) is 10.1 Å². The second kappa shape index (κ2) is 6.11. The van der Waals surface area contributed by atoms with Crippen molar-refractivity contribution in [3.63, 3.8) is 0 Å². The Balaban J connectivity index is 2.15. The Bertz CT molecular complexity index is 641. The maximum Gasteiger partial charge on any atom is 0.342 e. The van der Waals surface area contributed by atoms with Crippen LogP contribution in [0.25, 0.3) is 0 Å². The molecule has 0 saturated carbocycles. The van der Waals surface area contributed by atoms with Gasteiger partial charge >= 0.3 is 5.97 Å². The zero-order valence-electron chi connectivity index (χ0n) is 10.2. The minimum atomic E-state index is -0.687. The Morgan fingerprint density at radius 2 is 1.95 bits per heavy atom. The third-order valence-corrected chi connectivity index (χ3v) is 3.30. The first-order valence-corrected chi connectivity index (χ1v) is 6.39. The fourth-order valence-electron chi connectivity index (χ4n) is 1.63. The highest BCUT2D eigenvalue weighted by Crippen LogP contribution is 2.24. The summed E-state index contributed by atoms with van der Waals surface area (Å²) in [5, 5.41) is 0.506. The van der Waals surface area contributed by atoms with Crippen LogP contribution in [-0.2, 0) is 11.3 Å². The van der Waals surface area contributed by atoms with E-state index in [1.165, 1.54) is 30.3 Å². The van der Waals surface area contributed by atoms with Crippen LogP contribution >= 0.6 is 23.2 Å². The molecule has 0 saturated heterocycles. The summed E-state index contributed by atoms with van der Waals surface area (Å²) in [5.74, 6) is -1.15. The highest BCUT2D eigenvalue weighted by atomic mass is 35.5. The largest absolute Gasteiger partial charge is 0.457 e. The van der Waals surface area contributed by atoms with Crippen LogP contribution in [0.2, 0.25) is 10.0 Å². The molecule has 0 unspecified atom stereocenters. The molecule has 2 rings (SSSR count). The summed E-state index contributed by atoms with van der Waals surface area (Å²) in [6, 6.07) is 8.51. The fourth-order valence-corrected chi connectivity index (χ4v) is 2.06. The van der Waals surface area contributed by atoms with E-state index in [0.717, 1.165) is 0 Å². The first kappa shape index (κ1) is 14.6. The van der Waals surface area contributed by atoms with E-state index in [1.807, 2.05) is 0 Å². The van der Waals surface area contributed by atoms with Gasteiger partial charge in [0.25, 0.3) is 0 Å². The maximum atomic E-state index is 13.1. The Hall–Kier alpha value is -1.78. The van der Waals surface area contributed by atoms with Crippen molar-refractivity contribution < 1.29 is 13.9 Å². The normalized spacial score (nSPS) is 10.3. The number of benzene rings is 2. The van der Waals surface area contributed by atoms with E-state index in [1.54, 1.807) is 6.07 Å². The van der Waals surface area contributed by atoms with E-state index in [2.05, 4.69) is 0 Å². The zero-order valence-corrected chi connectivity index (χ0v) is 11.7. The van der Waals surface area contributed by atoms with Crippen molar-refractivity contribution in [3.8, 4) is 0 Å². The van der Waals surface area contributed by atoms with E-state index in [-0.39, 0.29) is 22.9 Å². The first-order valence-electron chi connectivity index (χ1n) is 5.64. The van der Waals surface area contributed by atoms with Crippen LogP contribution in [0.5, 0.6) is 0 Å². The SMILES string of the molecule is Nc1cccc(Cl)c1C(=O)OCc1cc(F)ccc1Cl. The Morgan fingerprint density at radius 1 is 1.20 bits per heavy atom. The molecule has 2 aromatic carbocycles. The summed E-state index contributed by atoms with van der Waals surface area (Å²) in [6.07, 6.45) is 0. The summed E-state index contributed by atoms with van der Waals surface area (Å²) >= 11 is 11.8. The molecular formula is C14H10Cl2FNO2. The molecule has 3 nitrogen and oxygen atoms in total. The minimum absolute atomic E-state index is 0.0849. The van der Waals surface area contributed by atoms with Crippen LogP contribution in [0.1, 0.15) is 15.9 Å². The smallest absolute Gasteiger partial charge is 0.342 e. The average Bonchev–Trinajstić information content (AvgIpc) is 2.39. The van der Waals surface area contributed by atoms with Crippen LogP contribution in [0.15, 0.2) is 36.4 Å². The monoisotopic (exact) mass is 313 g/mol. The third kappa shape index (κ3) is 3.21. The summed E-state index contributed by atoms with van der Waals surface area (Å²) in [5.41, 5.74) is 6.34. The number of ether oxygens (including phenoxy) is 1. The van der Waals surface area contributed by atoms with E-state index in [4.69, 9.17) is 33.7 Å². The van der Waals surface area contributed by atoms with Crippen LogP contribution in [-0.4, -0.2) is 5.97 Å². The van der Waals surface area contributed by atoms with Gasteiger partial charge in [0, 0.05) is 16.3 Å². The quantitative estimate of drug-likeness (QED) is 0.686. The third-order valence-electron chi connectivity index (χ3n) is 2.62. The molecule has 6 heteroatoms. The molecule has 0 atom stereocenters. The summed E-state index contributed by atoms with van der Waals surface area (Å²) in [7, 11) is 0. The lowest BCUT2D eigenvalue weighted by molar-refractivity contribution is 0.0474. The molecule has 0 aliphatic carbocycles. The number of hydrogen-bond acceptors (Lipinski definition) is 3. The summed E-state index contributed by atoms with van der Waals surface area (Å²) in [4.78, 5) is 11.9. The van der Waals surface area contributed by atoms with Gasteiger partial charge in [-0.3, -0.25) is 0 Å². The van der Waals surface area contributed by atoms with Crippen molar-refractivity contribution in [3.05, 3.63) is 63.4 Å². The van der Waals surface area contributed by atoms with Gasteiger partial charge in [-0.15, -0.1) is 0 Å². The van der Waals surface area contributed by atoms with Gasteiger partial charge in [-0.05, 0) is 30.3 Å². The van der Waals surface area contributed by atoms with Crippen molar-refractivity contribution in [1.82, 2.24) is 0 Å². The van der Waals surface area contributed by atoms with Gasteiger partial charge in [-0.2, -0.15) is 0 Å². The predicted octanol–water partition coefficient (Wildman–Crippen LogP) is 4.07. The van der Waals surface area contributed by atoms with Gasteiger partial charge in [0.05, 0.1) is 5.02 Å². The van der Waals surface area contributed by atoms with Crippen LogP contribution < -0.4 is 5.73 Å². The number of carbonyl (C=O) groups excluding carboxylic acids is 1. The molecule has 0 amide bonds. The van der Waals surface area contributed by atoms with Crippen molar-refractivity contribution in [1.29, 1.82) is 0 Å². The number of esters is 1. The van der Waals surface area contributed by atoms with Crippen molar-refractivity contribution in [2.24, 2.45) is 0 Å². The number of hydrogen-bond donors (Lipinski definition) is 1. The molecule has 20 heavy (non-hydrogen) atoms. The van der Waals surface area contributed by atoms with Crippen molar-refractivity contribution in [2.75, 3.05) is 5.73 Å². The second-order valence-corrected chi connectivity index (χ2v) is 4.83. The molecule has 0 heterocycles. The molecule has 104 valence electrons. The Morgan fingerprint density at radius 3 is 2.65 bits per heavy atom. The second-order valence-electron chi connectivity index (χ2n) is 4.02. The Labute approximate surface area is 125 Å². The standard InChI is InChI=1S/C14H10Cl2FNO2/c15-10-5-4-9(17)6-8(10)7-20-14(19)13-11(16)2-1-3-12(13)18/h1-6H,7,18H2. The van der Waals surface area contributed by atoms with Crippen molar-refractivity contribution in [2.45, 2.75) is 6.61 Å². The number of halogens is 3. The van der Waals surface area contributed by atoms with Gasteiger partial charge in [0.2, 0.25) is 0 Å². The van der Waals surface area contributed by atoms with E-state index in [9.17, 15) is 9.18 Å². The van der Waals surface area contributed by atoms with Crippen molar-refractivity contribution >= 4 is 34.9 Å². The van der Waals surface area contributed by atoms with E-state index >= 15 is 0 Å². The molecule has 0 spiro atoms. The molecule has 0 bridgehead atoms. The van der Waals surface area contributed by atoms with Gasteiger partial charge in [-0.25, -0.2) is 9.18 Å². The Kier molecular flexibility index (Phi) is 4.47. The molecule has 0 fully saturated rings. The molecule has 0 aliphatic heterocycles. The van der Waals surface area contributed by atoms with Gasteiger partial charge in [-0.1, -0.05) is 29.3 Å². The average molecular weight is 314 g/mol. The van der Waals surface area contributed by atoms with Gasteiger partial charge < -0.3 is 10.5 Å². The van der Waals surface area contributed by atoms with E-state index in [0.29, 0.717) is 10.6 Å². The van der Waals surface area contributed by atoms with Gasteiger partial charge in [0.1, 0.15) is 18.0 Å². The molecule has 2 N–H and O–H groups in total. The fraction of sp³-hybridized carbons (Fsp3) is 0.0714. The molecule has 0 radical (unpaired) electrons. The van der Waals surface area contributed by atoms with Crippen LogP contribution in [0.3, 0.4) is 0 Å². The molecule has 2 aromatic rings. The lowest BCUT2D eigenvalue weighted by Gasteiger charge is -2.09.